The molecule has 2 aromatic rings. The average molecular weight is 589 g/mol. The Morgan fingerprint density at radius 3 is 2.48 bits per heavy atom. The van der Waals surface area contributed by atoms with Crippen LogP contribution >= 0.6 is 11.6 Å². The first-order chi connectivity index (χ1) is 18.8. The molecule has 1 atom stereocenters. The van der Waals surface area contributed by atoms with E-state index in [-0.39, 0.29) is 52.8 Å². The first-order valence-electron chi connectivity index (χ1n) is 12.4. The van der Waals surface area contributed by atoms with Gasteiger partial charge in [-0.2, -0.15) is 13.2 Å². The summed E-state index contributed by atoms with van der Waals surface area (Å²) in [4.78, 5) is 49.0. The molecule has 1 aromatic carbocycles. The van der Waals surface area contributed by atoms with E-state index < -0.39 is 35.9 Å². The minimum Gasteiger partial charge on any atom is -0.476 e. The molecule has 0 bridgehead atoms. The number of likely N-dealkylation sites (tertiary alicyclic amines) is 1. The zero-order valence-corrected chi connectivity index (χ0v) is 22.2. The highest BCUT2D eigenvalue weighted by Gasteiger charge is 2.44. The zero-order chi connectivity index (χ0) is 29.2. The van der Waals surface area contributed by atoms with Crippen molar-refractivity contribution in [3.8, 4) is 17.4 Å². The number of halogens is 5. The average Bonchev–Trinajstić information content (AvgIpc) is 3.60. The monoisotopic (exact) mass is 588 g/mol. The standard InChI is InChI=1S/C26H25ClF4N2O7/c1-13(2)12-37-22-18(27)8-15(11-32-22)38-21-10-19(28)17(9-16(21)14-5-6-14)23(34)33-7-3-4-20(33)24(35)39-40-25(36)26(29,30)31/h8-11,13-14,20H,3-7,12H2,1-2H3/t20-/m0/s1. The molecule has 0 radical (unpaired) electrons. The van der Waals surface area contributed by atoms with Gasteiger partial charge in [0.15, 0.2) is 0 Å². The van der Waals surface area contributed by atoms with Crippen LogP contribution in [0.3, 0.4) is 0 Å². The van der Waals surface area contributed by atoms with E-state index in [0.29, 0.717) is 18.6 Å². The van der Waals surface area contributed by atoms with Crippen molar-refractivity contribution in [2.45, 2.75) is 57.7 Å². The highest BCUT2D eigenvalue weighted by molar-refractivity contribution is 6.31. The van der Waals surface area contributed by atoms with Crippen LogP contribution in [0.5, 0.6) is 17.4 Å². The van der Waals surface area contributed by atoms with E-state index in [0.717, 1.165) is 23.8 Å². The molecule has 14 heteroatoms. The highest BCUT2D eigenvalue weighted by atomic mass is 35.5. The van der Waals surface area contributed by atoms with Crippen LogP contribution in [0.1, 0.15) is 61.4 Å². The molecule has 0 unspecified atom stereocenters. The fourth-order valence-electron chi connectivity index (χ4n) is 4.07. The van der Waals surface area contributed by atoms with Crippen molar-refractivity contribution in [2.75, 3.05) is 13.2 Å². The number of ether oxygens (including phenoxy) is 2. The molecule has 4 rings (SSSR count). The minimum absolute atomic E-state index is 0.000325. The largest absolute Gasteiger partial charge is 0.495 e. The SMILES string of the molecule is CC(C)COc1ncc(Oc2cc(F)c(C(=O)N3CCC[C@H]3C(=O)OOC(=O)C(F)(F)F)cc2C2CC2)cc1Cl. The van der Waals surface area contributed by atoms with Gasteiger partial charge < -0.3 is 14.4 Å². The number of carbonyl (C=O) groups is 3. The van der Waals surface area contributed by atoms with Gasteiger partial charge in [0.2, 0.25) is 5.88 Å². The molecule has 1 aromatic heterocycles. The summed E-state index contributed by atoms with van der Waals surface area (Å²) in [6.45, 7) is 4.36. The predicted octanol–water partition coefficient (Wildman–Crippen LogP) is 5.75. The van der Waals surface area contributed by atoms with Crippen LogP contribution in [0.2, 0.25) is 5.02 Å². The molecule has 1 saturated carbocycles. The van der Waals surface area contributed by atoms with Crippen LogP contribution in [0, 0.1) is 11.7 Å². The molecule has 2 heterocycles. The fraction of sp³-hybridized carbons (Fsp3) is 0.462. The van der Waals surface area contributed by atoms with Crippen LogP contribution in [0.25, 0.3) is 0 Å². The Bertz CT molecular complexity index is 1300. The molecule has 40 heavy (non-hydrogen) atoms. The second-order valence-corrected chi connectivity index (χ2v) is 10.2. The third-order valence-corrected chi connectivity index (χ3v) is 6.40. The summed E-state index contributed by atoms with van der Waals surface area (Å²) in [5.74, 6) is -5.05. The van der Waals surface area contributed by atoms with Gasteiger partial charge in [0.1, 0.15) is 28.4 Å². The van der Waals surface area contributed by atoms with Crippen molar-refractivity contribution in [2.24, 2.45) is 5.92 Å². The zero-order valence-electron chi connectivity index (χ0n) is 21.4. The first-order valence-corrected chi connectivity index (χ1v) is 12.8. The van der Waals surface area contributed by atoms with E-state index in [4.69, 9.17) is 21.1 Å². The highest BCUT2D eigenvalue weighted by Crippen LogP contribution is 2.46. The molecule has 1 saturated heterocycles. The lowest BCUT2D eigenvalue weighted by molar-refractivity contribution is -0.287. The van der Waals surface area contributed by atoms with Gasteiger partial charge in [0, 0.05) is 18.7 Å². The van der Waals surface area contributed by atoms with Gasteiger partial charge >= 0.3 is 18.1 Å². The number of amides is 1. The Labute approximate surface area is 231 Å². The van der Waals surface area contributed by atoms with Gasteiger partial charge in [0.05, 0.1) is 18.4 Å². The molecule has 0 spiro atoms. The number of carbonyl (C=O) groups excluding carboxylic acids is 3. The molecule has 9 nitrogen and oxygen atoms in total. The Balaban J connectivity index is 1.51. The Kier molecular flexibility index (Phi) is 8.71. The molecule has 216 valence electrons. The van der Waals surface area contributed by atoms with Crippen molar-refractivity contribution in [3.63, 3.8) is 0 Å². The molecule has 2 aliphatic rings. The van der Waals surface area contributed by atoms with Crippen LogP contribution in [-0.2, 0) is 19.4 Å². The predicted molar refractivity (Wildman–Crippen MR) is 130 cm³/mol. The summed E-state index contributed by atoms with van der Waals surface area (Å²) in [7, 11) is 0. The van der Waals surface area contributed by atoms with Gasteiger partial charge in [-0.1, -0.05) is 25.4 Å². The Morgan fingerprint density at radius 1 is 1.12 bits per heavy atom. The Morgan fingerprint density at radius 2 is 1.85 bits per heavy atom. The lowest BCUT2D eigenvalue weighted by Crippen LogP contribution is -2.42. The smallest absolute Gasteiger partial charge is 0.476 e. The number of hydrogen-bond donors (Lipinski definition) is 0. The summed E-state index contributed by atoms with van der Waals surface area (Å²) in [6.07, 6.45) is -2.12. The lowest BCUT2D eigenvalue weighted by Gasteiger charge is -2.23. The van der Waals surface area contributed by atoms with Gasteiger partial charge in [-0.25, -0.2) is 28.7 Å². The summed E-state index contributed by atoms with van der Waals surface area (Å²) in [5, 5.41) is 0.200. The van der Waals surface area contributed by atoms with Gasteiger partial charge in [-0.15, -0.1) is 0 Å². The van der Waals surface area contributed by atoms with Crippen LogP contribution in [0.15, 0.2) is 24.4 Å². The van der Waals surface area contributed by atoms with Crippen LogP contribution < -0.4 is 9.47 Å². The second kappa shape index (κ2) is 11.9. The minimum atomic E-state index is -5.37. The quantitative estimate of drug-likeness (QED) is 0.218. The van der Waals surface area contributed by atoms with E-state index in [1.807, 2.05) is 13.8 Å². The molecule has 1 aliphatic carbocycles. The van der Waals surface area contributed by atoms with Crippen molar-refractivity contribution in [3.05, 3.63) is 46.4 Å². The van der Waals surface area contributed by atoms with Gasteiger partial charge in [0.25, 0.3) is 5.91 Å². The number of nitrogens with zero attached hydrogens (tertiary/aromatic N) is 2. The number of hydrogen-bond acceptors (Lipinski definition) is 8. The molecular formula is C26H25ClF4N2O7. The number of aromatic nitrogens is 1. The van der Waals surface area contributed by atoms with Gasteiger partial charge in [-0.05, 0) is 49.1 Å². The van der Waals surface area contributed by atoms with Crippen LogP contribution in [-0.4, -0.2) is 53.1 Å². The van der Waals surface area contributed by atoms with E-state index in [9.17, 15) is 27.6 Å². The topological polar surface area (TPSA) is 104 Å². The third kappa shape index (κ3) is 6.93. The molecule has 0 N–H and O–H groups in total. The van der Waals surface area contributed by atoms with E-state index in [1.165, 1.54) is 18.3 Å². The summed E-state index contributed by atoms with van der Waals surface area (Å²) < 4.78 is 63.6. The maximum atomic E-state index is 15.3. The molecule has 2 fully saturated rings. The van der Waals surface area contributed by atoms with Crippen LogP contribution in [0.4, 0.5) is 17.6 Å². The van der Waals surface area contributed by atoms with E-state index in [2.05, 4.69) is 14.8 Å². The van der Waals surface area contributed by atoms with E-state index >= 15 is 4.39 Å². The first kappa shape index (κ1) is 29.4. The second-order valence-electron chi connectivity index (χ2n) is 9.84. The van der Waals surface area contributed by atoms with Crippen molar-refractivity contribution in [1.29, 1.82) is 0 Å². The molecular weight excluding hydrogens is 564 g/mol. The Hall–Kier alpha value is -3.61. The summed E-state index contributed by atoms with van der Waals surface area (Å²) in [5.41, 5.74) is 0.202. The lowest BCUT2D eigenvalue weighted by atomic mass is 10.0. The maximum Gasteiger partial charge on any atom is 0.495 e. The third-order valence-electron chi connectivity index (χ3n) is 6.13. The molecule has 1 aliphatic heterocycles. The number of benzene rings is 1. The number of pyridine rings is 1. The van der Waals surface area contributed by atoms with Crippen molar-refractivity contribution in [1.82, 2.24) is 9.88 Å². The van der Waals surface area contributed by atoms with Crippen molar-refractivity contribution < 1.29 is 51.2 Å². The number of rotatable bonds is 8. The summed E-state index contributed by atoms with van der Waals surface area (Å²) in [6, 6.07) is 2.50. The normalized spacial score (nSPS) is 17.1. The van der Waals surface area contributed by atoms with Gasteiger partial charge in [-0.3, -0.25) is 4.79 Å². The maximum absolute atomic E-state index is 15.3. The fourth-order valence-corrected chi connectivity index (χ4v) is 4.28. The number of alkyl halides is 3. The molecule has 1 amide bonds. The van der Waals surface area contributed by atoms with Crippen molar-refractivity contribution >= 4 is 29.4 Å². The summed E-state index contributed by atoms with van der Waals surface area (Å²) >= 11 is 6.25. The van der Waals surface area contributed by atoms with E-state index in [1.54, 1.807) is 0 Å².